The van der Waals surface area contributed by atoms with E-state index >= 15 is 0 Å². The van der Waals surface area contributed by atoms with Gasteiger partial charge >= 0.3 is 0 Å². The summed E-state index contributed by atoms with van der Waals surface area (Å²) in [5, 5.41) is 3.13. The minimum absolute atomic E-state index is 0.0497. The third kappa shape index (κ3) is 3.30. The number of hydrogen-bond donors (Lipinski definition) is 2. The van der Waals surface area contributed by atoms with E-state index in [0.29, 0.717) is 0 Å². The average Bonchev–Trinajstić information content (AvgIpc) is 2.70. The smallest absolute Gasteiger partial charge is 0.216 e. The van der Waals surface area contributed by atoms with Gasteiger partial charge in [0.05, 0.1) is 5.75 Å². The van der Waals surface area contributed by atoms with E-state index in [1.807, 2.05) is 30.3 Å². The summed E-state index contributed by atoms with van der Waals surface area (Å²) in [6.07, 6.45) is 0.869. The molecule has 5 heteroatoms. The van der Waals surface area contributed by atoms with E-state index in [1.165, 1.54) is 0 Å². The summed E-state index contributed by atoms with van der Waals surface area (Å²) in [4.78, 5) is 0. The van der Waals surface area contributed by atoms with Crippen LogP contribution in [-0.2, 0) is 15.8 Å². The van der Waals surface area contributed by atoms with Crippen LogP contribution in [0.4, 0.5) is 0 Å². The zero-order chi connectivity index (χ0) is 11.4. The Kier molecular flexibility index (Phi) is 3.58. The number of sulfonamides is 1. The van der Waals surface area contributed by atoms with E-state index in [2.05, 4.69) is 10.0 Å². The molecular weight excluding hydrogens is 224 g/mol. The van der Waals surface area contributed by atoms with Crippen LogP contribution >= 0.6 is 0 Å². The lowest BCUT2D eigenvalue weighted by Gasteiger charge is -2.11. The maximum atomic E-state index is 11.8. The van der Waals surface area contributed by atoms with Crippen LogP contribution in [0.25, 0.3) is 0 Å². The molecule has 1 heterocycles. The van der Waals surface area contributed by atoms with Gasteiger partial charge < -0.3 is 5.32 Å². The largest absolute Gasteiger partial charge is 0.315 e. The van der Waals surface area contributed by atoms with Crippen LogP contribution < -0.4 is 10.0 Å². The molecule has 2 N–H and O–H groups in total. The monoisotopic (exact) mass is 240 g/mol. The lowest BCUT2D eigenvalue weighted by Crippen LogP contribution is -2.36. The first-order valence-electron chi connectivity index (χ1n) is 5.40. The molecule has 0 spiro atoms. The predicted octanol–water partition coefficient (Wildman–Crippen LogP) is 0.468. The van der Waals surface area contributed by atoms with Crippen molar-refractivity contribution in [2.24, 2.45) is 0 Å². The van der Waals surface area contributed by atoms with Crippen LogP contribution in [0.1, 0.15) is 12.0 Å². The van der Waals surface area contributed by atoms with E-state index < -0.39 is 10.0 Å². The lowest BCUT2D eigenvalue weighted by atomic mass is 10.2. The van der Waals surface area contributed by atoms with E-state index in [1.54, 1.807) is 0 Å². The Balaban J connectivity index is 1.97. The van der Waals surface area contributed by atoms with Gasteiger partial charge in [-0.1, -0.05) is 30.3 Å². The van der Waals surface area contributed by atoms with Gasteiger partial charge in [0.25, 0.3) is 0 Å². The van der Waals surface area contributed by atoms with Crippen molar-refractivity contribution >= 4 is 10.0 Å². The molecule has 16 heavy (non-hydrogen) atoms. The van der Waals surface area contributed by atoms with E-state index in [4.69, 9.17) is 0 Å². The fourth-order valence-electron chi connectivity index (χ4n) is 1.84. The average molecular weight is 240 g/mol. The first-order chi connectivity index (χ1) is 7.66. The highest BCUT2D eigenvalue weighted by Crippen LogP contribution is 2.06. The molecule has 1 aliphatic heterocycles. The van der Waals surface area contributed by atoms with Crippen molar-refractivity contribution in [1.82, 2.24) is 10.0 Å². The van der Waals surface area contributed by atoms with Gasteiger partial charge in [-0.25, -0.2) is 13.1 Å². The topological polar surface area (TPSA) is 58.2 Å². The molecule has 1 saturated heterocycles. The van der Waals surface area contributed by atoms with Crippen molar-refractivity contribution < 1.29 is 8.42 Å². The zero-order valence-electron chi connectivity index (χ0n) is 9.02. The molecular formula is C11H16N2O2S. The Hall–Kier alpha value is -0.910. The van der Waals surface area contributed by atoms with Gasteiger partial charge in [0.2, 0.25) is 10.0 Å². The Bertz CT molecular complexity index is 425. The standard InChI is InChI=1S/C11H16N2O2S/c14-16(15,13-11-6-7-12-8-11)9-10-4-2-1-3-5-10/h1-5,11-13H,6-9H2/t11-/m1/s1. The maximum absolute atomic E-state index is 11.8. The molecule has 0 unspecified atom stereocenters. The lowest BCUT2D eigenvalue weighted by molar-refractivity contribution is 0.559. The number of nitrogens with one attached hydrogen (secondary N) is 2. The van der Waals surface area contributed by atoms with Crippen molar-refractivity contribution in [1.29, 1.82) is 0 Å². The number of benzene rings is 1. The van der Waals surface area contributed by atoms with Crippen LogP contribution in [0.2, 0.25) is 0 Å². The normalized spacial score (nSPS) is 21.1. The minimum atomic E-state index is -3.21. The molecule has 4 nitrogen and oxygen atoms in total. The van der Waals surface area contributed by atoms with Crippen molar-refractivity contribution in [3.63, 3.8) is 0 Å². The van der Waals surface area contributed by atoms with Crippen molar-refractivity contribution in [2.75, 3.05) is 13.1 Å². The summed E-state index contributed by atoms with van der Waals surface area (Å²) in [5.41, 5.74) is 0.820. The molecule has 1 fully saturated rings. The van der Waals surface area contributed by atoms with Crippen molar-refractivity contribution in [3.05, 3.63) is 35.9 Å². The first kappa shape index (κ1) is 11.6. The summed E-state index contributed by atoms with van der Waals surface area (Å²) < 4.78 is 26.3. The van der Waals surface area contributed by atoms with Crippen molar-refractivity contribution in [3.8, 4) is 0 Å². The van der Waals surface area contributed by atoms with Gasteiger partial charge in [-0.2, -0.15) is 0 Å². The Morgan fingerprint density at radius 2 is 2.06 bits per heavy atom. The van der Waals surface area contributed by atoms with Gasteiger partial charge in [-0.05, 0) is 18.5 Å². The van der Waals surface area contributed by atoms with Crippen LogP contribution in [0, 0.1) is 0 Å². The summed E-state index contributed by atoms with van der Waals surface area (Å²) in [6.45, 7) is 1.62. The minimum Gasteiger partial charge on any atom is -0.315 e. The van der Waals surface area contributed by atoms with Crippen LogP contribution in [0.5, 0.6) is 0 Å². The van der Waals surface area contributed by atoms with E-state index in [0.717, 1.165) is 25.1 Å². The molecule has 0 aromatic heterocycles. The molecule has 2 rings (SSSR count). The Morgan fingerprint density at radius 1 is 1.31 bits per heavy atom. The highest BCUT2D eigenvalue weighted by Gasteiger charge is 2.20. The molecule has 1 aliphatic rings. The second-order valence-corrected chi connectivity index (χ2v) is 5.81. The highest BCUT2D eigenvalue weighted by atomic mass is 32.2. The molecule has 1 atom stereocenters. The molecule has 0 saturated carbocycles. The predicted molar refractivity (Wildman–Crippen MR) is 63.5 cm³/mol. The number of hydrogen-bond acceptors (Lipinski definition) is 3. The quantitative estimate of drug-likeness (QED) is 0.804. The third-order valence-electron chi connectivity index (χ3n) is 2.61. The van der Waals surface area contributed by atoms with E-state index in [-0.39, 0.29) is 11.8 Å². The Labute approximate surface area is 96.1 Å². The van der Waals surface area contributed by atoms with Crippen molar-refractivity contribution in [2.45, 2.75) is 18.2 Å². The van der Waals surface area contributed by atoms with Crippen LogP contribution in [-0.4, -0.2) is 27.5 Å². The molecule has 0 bridgehead atoms. The molecule has 1 aromatic rings. The highest BCUT2D eigenvalue weighted by molar-refractivity contribution is 7.88. The number of rotatable bonds is 4. The zero-order valence-corrected chi connectivity index (χ0v) is 9.83. The molecule has 0 radical (unpaired) electrons. The molecule has 88 valence electrons. The first-order valence-corrected chi connectivity index (χ1v) is 7.05. The second kappa shape index (κ2) is 4.95. The second-order valence-electron chi connectivity index (χ2n) is 4.05. The fourth-order valence-corrected chi connectivity index (χ4v) is 3.27. The van der Waals surface area contributed by atoms with Gasteiger partial charge in [0.1, 0.15) is 0 Å². The van der Waals surface area contributed by atoms with Crippen LogP contribution in [0.3, 0.4) is 0 Å². The summed E-state index contributed by atoms with van der Waals surface area (Å²) in [7, 11) is -3.21. The third-order valence-corrected chi connectivity index (χ3v) is 4.01. The van der Waals surface area contributed by atoms with Gasteiger partial charge in [0, 0.05) is 12.6 Å². The maximum Gasteiger partial charge on any atom is 0.216 e. The SMILES string of the molecule is O=S(=O)(Cc1ccccc1)N[C@@H]1CCNC1. The van der Waals surface area contributed by atoms with Crippen LogP contribution in [0.15, 0.2) is 30.3 Å². The molecule has 0 amide bonds. The summed E-state index contributed by atoms with van der Waals surface area (Å²) in [5.74, 6) is 0.0599. The Morgan fingerprint density at radius 3 is 2.69 bits per heavy atom. The van der Waals surface area contributed by atoms with Gasteiger partial charge in [0.15, 0.2) is 0 Å². The summed E-state index contributed by atoms with van der Waals surface area (Å²) in [6, 6.07) is 9.28. The molecule has 1 aromatic carbocycles. The molecule has 0 aliphatic carbocycles. The summed E-state index contributed by atoms with van der Waals surface area (Å²) >= 11 is 0. The van der Waals surface area contributed by atoms with E-state index in [9.17, 15) is 8.42 Å². The van der Waals surface area contributed by atoms with Gasteiger partial charge in [-0.15, -0.1) is 0 Å². The van der Waals surface area contributed by atoms with Gasteiger partial charge in [-0.3, -0.25) is 0 Å². The fraction of sp³-hybridized carbons (Fsp3) is 0.455.